The first kappa shape index (κ1) is 25.7. The lowest BCUT2D eigenvalue weighted by molar-refractivity contribution is 0.368. The van der Waals surface area contributed by atoms with Gasteiger partial charge in [0.05, 0.1) is 16.1 Å². The van der Waals surface area contributed by atoms with Crippen molar-refractivity contribution in [3.05, 3.63) is 53.3 Å². The van der Waals surface area contributed by atoms with Crippen LogP contribution in [0.3, 0.4) is 0 Å². The maximum atomic E-state index is 6.56. The fraction of sp³-hybridized carbons (Fsp3) is 0.556. The molecule has 0 N–H and O–H groups in total. The molecule has 0 radical (unpaired) electrons. The van der Waals surface area contributed by atoms with Crippen LogP contribution in [0, 0.1) is 6.92 Å². The molecular formula is C27H45NOSi2. The first-order valence-electron chi connectivity index (χ1n) is 11.5. The molecule has 172 valence electrons. The fourth-order valence-electron chi connectivity index (χ4n) is 4.74. The molecular weight excluding hydrogens is 410 g/mol. The Morgan fingerprint density at radius 1 is 1.03 bits per heavy atom. The Bertz CT molecular complexity index is 914. The normalized spacial score (nSPS) is 17.7. The monoisotopic (exact) mass is 455 g/mol. The third kappa shape index (κ3) is 4.66. The predicted octanol–water partition coefficient (Wildman–Crippen LogP) is 6.36. The molecule has 1 aromatic carbocycles. The molecule has 4 heteroatoms. The summed E-state index contributed by atoms with van der Waals surface area (Å²) in [7, 11) is 0.587. The van der Waals surface area contributed by atoms with Gasteiger partial charge >= 0.3 is 0 Å². The summed E-state index contributed by atoms with van der Waals surface area (Å²) >= 11 is 0. The van der Waals surface area contributed by atoms with Gasteiger partial charge in [0.2, 0.25) is 0 Å². The average molecular weight is 456 g/mol. The summed E-state index contributed by atoms with van der Waals surface area (Å²) in [5, 5.41) is 3.16. The molecule has 1 aliphatic carbocycles. The highest BCUT2D eigenvalue weighted by atomic mass is 28.3. The Labute approximate surface area is 194 Å². The Morgan fingerprint density at radius 3 is 2.06 bits per heavy atom. The molecule has 0 aliphatic heterocycles. The number of hydrogen-bond donors (Lipinski definition) is 0. The number of rotatable bonds is 7. The largest absolute Gasteiger partial charge is 0.490 e. The van der Waals surface area contributed by atoms with Crippen LogP contribution in [0.1, 0.15) is 40.2 Å². The van der Waals surface area contributed by atoms with Crippen LogP contribution in [0.4, 0.5) is 0 Å². The summed E-state index contributed by atoms with van der Waals surface area (Å²) in [5.41, 5.74) is 6.19. The first-order chi connectivity index (χ1) is 14.1. The van der Waals surface area contributed by atoms with Gasteiger partial charge in [-0.3, -0.25) is 0 Å². The van der Waals surface area contributed by atoms with Crippen molar-refractivity contribution in [2.24, 2.45) is 0 Å². The SMILES string of the molecule is C=CCOc1c([Si](C)(C)C2C(N(C)C)=CC(C)=C2C)cc(C)cc1[Si](C)(C)C(C)(C)C. The Balaban J connectivity index is 2.84. The van der Waals surface area contributed by atoms with Gasteiger partial charge in [0.15, 0.2) is 0 Å². The van der Waals surface area contributed by atoms with Crippen molar-refractivity contribution in [2.75, 3.05) is 20.7 Å². The zero-order valence-electron chi connectivity index (χ0n) is 22.2. The summed E-state index contributed by atoms with van der Waals surface area (Å²) in [5.74, 6) is 1.16. The van der Waals surface area contributed by atoms with Crippen LogP contribution in [0.15, 0.2) is 47.7 Å². The summed E-state index contributed by atoms with van der Waals surface area (Å²) in [6.45, 7) is 28.6. The van der Waals surface area contributed by atoms with Gasteiger partial charge in [0.25, 0.3) is 0 Å². The summed E-state index contributed by atoms with van der Waals surface area (Å²) in [4.78, 5) is 2.31. The van der Waals surface area contributed by atoms with Crippen LogP contribution in [0.2, 0.25) is 36.8 Å². The summed E-state index contributed by atoms with van der Waals surface area (Å²) < 4.78 is 6.56. The van der Waals surface area contributed by atoms with E-state index in [1.54, 1.807) is 0 Å². The van der Waals surface area contributed by atoms with E-state index in [1.165, 1.54) is 32.8 Å². The van der Waals surface area contributed by atoms with Crippen LogP contribution >= 0.6 is 0 Å². The molecule has 0 fully saturated rings. The molecule has 0 saturated heterocycles. The molecule has 2 nitrogen and oxygen atoms in total. The van der Waals surface area contributed by atoms with E-state index in [0.29, 0.717) is 12.1 Å². The van der Waals surface area contributed by atoms with E-state index in [-0.39, 0.29) is 5.04 Å². The van der Waals surface area contributed by atoms with Gasteiger partial charge in [-0.15, -0.1) is 0 Å². The van der Waals surface area contributed by atoms with E-state index in [9.17, 15) is 0 Å². The van der Waals surface area contributed by atoms with Crippen LogP contribution in [0.5, 0.6) is 5.75 Å². The lowest BCUT2D eigenvalue weighted by Gasteiger charge is -2.42. The van der Waals surface area contributed by atoms with Gasteiger partial charge in [-0.25, -0.2) is 0 Å². The minimum atomic E-state index is -1.98. The van der Waals surface area contributed by atoms with E-state index < -0.39 is 16.1 Å². The van der Waals surface area contributed by atoms with E-state index in [0.717, 1.165) is 5.75 Å². The topological polar surface area (TPSA) is 12.5 Å². The fourth-order valence-corrected chi connectivity index (χ4v) is 11.1. The molecule has 1 aliphatic rings. The second-order valence-electron chi connectivity index (χ2n) is 11.6. The quantitative estimate of drug-likeness (QED) is 0.350. The molecule has 0 aromatic heterocycles. The maximum Gasteiger partial charge on any atom is 0.118 e. The van der Waals surface area contributed by atoms with Crippen molar-refractivity contribution < 1.29 is 4.74 Å². The highest BCUT2D eigenvalue weighted by Crippen LogP contribution is 2.45. The van der Waals surface area contributed by atoms with E-state index in [2.05, 4.69) is 112 Å². The smallest absolute Gasteiger partial charge is 0.118 e. The Hall–Kier alpha value is -1.53. The van der Waals surface area contributed by atoms with Crippen LogP contribution < -0.4 is 15.1 Å². The van der Waals surface area contributed by atoms with E-state index in [1.807, 2.05) is 6.08 Å². The maximum absolute atomic E-state index is 6.56. The van der Waals surface area contributed by atoms with Crippen LogP contribution in [-0.4, -0.2) is 41.7 Å². The molecule has 1 atom stereocenters. The minimum absolute atomic E-state index is 0.241. The van der Waals surface area contributed by atoms with Crippen LogP contribution in [0.25, 0.3) is 0 Å². The van der Waals surface area contributed by atoms with Gasteiger partial charge in [-0.1, -0.05) is 88.5 Å². The molecule has 0 bridgehead atoms. The molecule has 2 rings (SSSR count). The van der Waals surface area contributed by atoms with Gasteiger partial charge in [-0.2, -0.15) is 0 Å². The summed E-state index contributed by atoms with van der Waals surface area (Å²) in [6, 6.07) is 4.84. The van der Waals surface area contributed by atoms with Crippen molar-refractivity contribution >= 4 is 26.5 Å². The number of hydrogen-bond acceptors (Lipinski definition) is 2. The predicted molar refractivity (Wildman–Crippen MR) is 145 cm³/mol. The third-order valence-electron chi connectivity index (χ3n) is 7.77. The highest BCUT2D eigenvalue weighted by molar-refractivity contribution is 6.96. The Morgan fingerprint density at radius 2 is 1.58 bits per heavy atom. The third-order valence-corrected chi connectivity index (χ3v) is 17.2. The minimum Gasteiger partial charge on any atom is -0.490 e. The lowest BCUT2D eigenvalue weighted by Crippen LogP contribution is -2.55. The lowest BCUT2D eigenvalue weighted by atomic mass is 10.2. The number of aryl methyl sites for hydroxylation is 1. The highest BCUT2D eigenvalue weighted by Gasteiger charge is 2.45. The molecule has 0 saturated carbocycles. The number of ether oxygens (including phenoxy) is 1. The van der Waals surface area contributed by atoms with Crippen molar-refractivity contribution in [1.29, 1.82) is 0 Å². The van der Waals surface area contributed by atoms with Crippen molar-refractivity contribution in [2.45, 2.75) is 78.3 Å². The van der Waals surface area contributed by atoms with Gasteiger partial charge in [-0.05, 0) is 42.3 Å². The average Bonchev–Trinajstić information content (AvgIpc) is 2.94. The van der Waals surface area contributed by atoms with Crippen molar-refractivity contribution in [3.63, 3.8) is 0 Å². The zero-order valence-corrected chi connectivity index (χ0v) is 24.2. The number of benzene rings is 1. The van der Waals surface area contributed by atoms with Gasteiger partial charge < -0.3 is 9.64 Å². The molecule has 0 spiro atoms. The standard InChI is InChI=1S/C27H45NOSi2/c1-14-15-29-25-23(16-19(2)17-24(25)31(12,13)27(5,6)7)30(10,11)26-21(4)20(3)18-22(26)28(8)9/h14,16-18,26H,1,15H2,2-13H3. The molecule has 1 aromatic rings. The number of allylic oxidation sites excluding steroid dienone is 3. The second kappa shape index (κ2) is 8.78. The van der Waals surface area contributed by atoms with Gasteiger partial charge in [0, 0.05) is 25.3 Å². The summed E-state index contributed by atoms with van der Waals surface area (Å²) in [6.07, 6.45) is 4.27. The Kier molecular flexibility index (Phi) is 7.29. The molecule has 31 heavy (non-hydrogen) atoms. The molecule has 1 unspecified atom stereocenters. The van der Waals surface area contributed by atoms with Crippen molar-refractivity contribution in [1.82, 2.24) is 4.90 Å². The number of nitrogens with zero attached hydrogens (tertiary/aromatic N) is 1. The van der Waals surface area contributed by atoms with E-state index >= 15 is 0 Å². The second-order valence-corrected chi connectivity index (χ2v) is 21.5. The van der Waals surface area contributed by atoms with E-state index in [4.69, 9.17) is 4.74 Å². The molecule has 0 heterocycles. The molecule has 0 amide bonds. The zero-order chi connectivity index (χ0) is 23.9. The van der Waals surface area contributed by atoms with Gasteiger partial charge in [0.1, 0.15) is 12.4 Å². The van der Waals surface area contributed by atoms with Crippen LogP contribution in [-0.2, 0) is 0 Å². The van der Waals surface area contributed by atoms with Crippen molar-refractivity contribution in [3.8, 4) is 5.75 Å². The first-order valence-corrected chi connectivity index (χ1v) is 17.6.